The van der Waals surface area contributed by atoms with E-state index in [1.807, 2.05) is 19.0 Å². The molecule has 0 atom stereocenters. The van der Waals surface area contributed by atoms with Gasteiger partial charge in [-0.05, 0) is 111 Å². The summed E-state index contributed by atoms with van der Waals surface area (Å²) in [6.45, 7) is 13.1. The average molecular weight is 1120 g/mol. The topological polar surface area (TPSA) is 129 Å². The predicted molar refractivity (Wildman–Crippen MR) is 330 cm³/mol. The first-order valence-electron chi connectivity index (χ1n) is 34.1. The first-order valence-corrected chi connectivity index (χ1v) is 34.1. The minimum absolute atomic E-state index is 0.0210. The normalized spacial score (nSPS) is 11.6. The molecule has 0 saturated carbocycles. The molecule has 0 heterocycles. The summed E-state index contributed by atoms with van der Waals surface area (Å²) in [7, 11) is 4.06. The van der Waals surface area contributed by atoms with Gasteiger partial charge in [-0.15, -0.1) is 0 Å². The number of carbonyl (C=O) groups excluding carboxylic acids is 5. The van der Waals surface area contributed by atoms with Crippen LogP contribution in [0, 0.1) is 5.92 Å². The zero-order valence-corrected chi connectivity index (χ0v) is 53.3. The van der Waals surface area contributed by atoms with Crippen molar-refractivity contribution < 1.29 is 42.9 Å². The molecule has 0 bridgehead atoms. The molecule has 0 aliphatic heterocycles. The van der Waals surface area contributed by atoms with Crippen LogP contribution in [0.25, 0.3) is 0 Å². The van der Waals surface area contributed by atoms with Gasteiger partial charge in [0.2, 0.25) is 5.91 Å². The van der Waals surface area contributed by atoms with Gasteiger partial charge in [-0.25, -0.2) is 0 Å². The fraction of sp³-hybridized carbons (Fsp3) is 0.926. The second kappa shape index (κ2) is 58.5. The molecule has 0 spiro atoms. The van der Waals surface area contributed by atoms with Crippen LogP contribution in [0.3, 0.4) is 0 Å². The second-order valence-electron chi connectivity index (χ2n) is 24.0. The first-order chi connectivity index (χ1) is 38.5. The van der Waals surface area contributed by atoms with Crippen LogP contribution in [0.2, 0.25) is 0 Å². The highest BCUT2D eigenvalue weighted by Crippen LogP contribution is 2.21. The van der Waals surface area contributed by atoms with E-state index >= 15 is 0 Å². The highest BCUT2D eigenvalue weighted by molar-refractivity contribution is 5.76. The Hall–Kier alpha value is -2.69. The number of nitrogens with zero attached hydrogens (tertiary/aromatic N) is 2. The monoisotopic (exact) mass is 1120 g/mol. The molecule has 0 unspecified atom stereocenters. The lowest BCUT2D eigenvalue weighted by molar-refractivity contribution is -0.151. The molecule has 0 radical (unpaired) electrons. The molecular weight excluding hydrogens is 989 g/mol. The van der Waals surface area contributed by atoms with E-state index in [0.29, 0.717) is 45.2 Å². The van der Waals surface area contributed by atoms with Crippen molar-refractivity contribution in [3.63, 3.8) is 0 Å². The Bertz CT molecular complexity index is 1280. The molecular formula is C68H130N2O9. The molecule has 79 heavy (non-hydrogen) atoms. The Labute approximate surface area is 488 Å². The van der Waals surface area contributed by atoms with Gasteiger partial charge < -0.3 is 28.7 Å². The zero-order valence-electron chi connectivity index (χ0n) is 53.3. The maximum atomic E-state index is 13.7. The van der Waals surface area contributed by atoms with E-state index in [-0.39, 0.29) is 74.0 Å². The van der Waals surface area contributed by atoms with Gasteiger partial charge >= 0.3 is 23.9 Å². The number of amides is 1. The molecule has 0 aliphatic carbocycles. The van der Waals surface area contributed by atoms with Crippen LogP contribution in [0.1, 0.15) is 343 Å². The summed E-state index contributed by atoms with van der Waals surface area (Å²) in [5, 5.41) is 0. The number of unbranched alkanes of at least 4 members (excludes halogenated alkanes) is 31. The van der Waals surface area contributed by atoms with Crippen LogP contribution in [-0.2, 0) is 42.9 Å². The van der Waals surface area contributed by atoms with Crippen LogP contribution >= 0.6 is 0 Å². The van der Waals surface area contributed by atoms with Gasteiger partial charge in [-0.1, -0.05) is 221 Å². The molecule has 0 aliphatic rings. The Morgan fingerprint density at radius 3 is 0.911 bits per heavy atom. The SMILES string of the molecule is CCCCCCCCC(=O)N(CCCN(C)C)CC(COC(=O)CCCCCCC(=O)OC(CCCCCCCC)CCCCCCCC)COC(=O)CCCCCCC(=O)OC(CCCCCCCC)CCCCCCCC. The third-order valence-corrected chi connectivity index (χ3v) is 15.7. The highest BCUT2D eigenvalue weighted by atomic mass is 16.6. The third kappa shape index (κ3) is 53.1. The van der Waals surface area contributed by atoms with Crippen molar-refractivity contribution in [2.24, 2.45) is 5.92 Å². The summed E-state index contributed by atoms with van der Waals surface area (Å²) in [6, 6.07) is 0. The van der Waals surface area contributed by atoms with Crippen LogP contribution in [0.15, 0.2) is 0 Å². The van der Waals surface area contributed by atoms with E-state index in [1.165, 1.54) is 148 Å². The number of hydrogen-bond acceptors (Lipinski definition) is 10. The van der Waals surface area contributed by atoms with E-state index in [0.717, 1.165) is 122 Å². The zero-order chi connectivity index (χ0) is 58.1. The van der Waals surface area contributed by atoms with E-state index in [2.05, 4.69) is 39.5 Å². The van der Waals surface area contributed by atoms with Crippen LogP contribution in [0.4, 0.5) is 0 Å². The summed E-state index contributed by atoms with van der Waals surface area (Å²) in [6.07, 6.45) is 48.9. The van der Waals surface area contributed by atoms with Crippen molar-refractivity contribution in [1.29, 1.82) is 0 Å². The van der Waals surface area contributed by atoms with Crippen LogP contribution in [-0.4, -0.2) is 98.7 Å². The lowest BCUT2D eigenvalue weighted by Crippen LogP contribution is -2.40. The Balaban J connectivity index is 5.27. The van der Waals surface area contributed by atoms with Crippen molar-refractivity contribution in [2.75, 3.05) is 46.9 Å². The fourth-order valence-corrected chi connectivity index (χ4v) is 10.5. The molecule has 466 valence electrons. The van der Waals surface area contributed by atoms with Crippen molar-refractivity contribution in [3.8, 4) is 0 Å². The van der Waals surface area contributed by atoms with E-state index in [9.17, 15) is 24.0 Å². The van der Waals surface area contributed by atoms with Gasteiger partial charge in [-0.2, -0.15) is 0 Å². The molecule has 0 fully saturated rings. The van der Waals surface area contributed by atoms with Crippen LogP contribution in [0.5, 0.6) is 0 Å². The van der Waals surface area contributed by atoms with E-state index in [1.54, 1.807) is 0 Å². The number of carbonyl (C=O) groups is 5. The highest BCUT2D eigenvalue weighted by Gasteiger charge is 2.23. The number of ether oxygens (including phenoxy) is 4. The molecule has 11 heteroatoms. The summed E-state index contributed by atoms with van der Waals surface area (Å²) in [5.74, 6) is -1.03. The lowest BCUT2D eigenvalue weighted by Gasteiger charge is -2.28. The summed E-state index contributed by atoms with van der Waals surface area (Å²) in [5.41, 5.74) is 0. The smallest absolute Gasteiger partial charge is 0.306 e. The van der Waals surface area contributed by atoms with Gasteiger partial charge in [0.1, 0.15) is 12.2 Å². The lowest BCUT2D eigenvalue weighted by atomic mass is 10.0. The minimum atomic E-state index is -0.352. The van der Waals surface area contributed by atoms with Gasteiger partial charge in [0.25, 0.3) is 0 Å². The van der Waals surface area contributed by atoms with Gasteiger partial charge in [0, 0.05) is 51.1 Å². The van der Waals surface area contributed by atoms with Gasteiger partial charge in [-0.3, -0.25) is 24.0 Å². The molecule has 0 N–H and O–H groups in total. The Kier molecular flexibility index (Phi) is 56.5. The van der Waals surface area contributed by atoms with Crippen molar-refractivity contribution in [1.82, 2.24) is 9.80 Å². The largest absolute Gasteiger partial charge is 0.465 e. The van der Waals surface area contributed by atoms with Crippen LogP contribution < -0.4 is 0 Å². The summed E-state index contributed by atoms with van der Waals surface area (Å²) < 4.78 is 23.8. The molecule has 1 amide bonds. The van der Waals surface area contributed by atoms with E-state index < -0.39 is 0 Å². The van der Waals surface area contributed by atoms with Crippen molar-refractivity contribution in [3.05, 3.63) is 0 Å². The van der Waals surface area contributed by atoms with E-state index in [4.69, 9.17) is 18.9 Å². The quantitative estimate of drug-likeness (QED) is 0.0330. The summed E-state index contributed by atoms with van der Waals surface area (Å²) in [4.78, 5) is 70.0. The number of rotatable bonds is 61. The second-order valence-corrected chi connectivity index (χ2v) is 24.0. The molecule has 0 aromatic heterocycles. The maximum Gasteiger partial charge on any atom is 0.306 e. The first kappa shape index (κ1) is 76.3. The van der Waals surface area contributed by atoms with Gasteiger partial charge in [0.05, 0.1) is 13.2 Å². The number of hydrogen-bond donors (Lipinski definition) is 0. The standard InChI is InChI=1S/C68H130N2O9/c1-8-13-18-23-28-37-47-62(48-38-29-24-19-14-9-2)78-67(74)54-44-35-33-42-52-65(72)76-59-61(58-70(57-46-56-69(6)7)64(71)51-41-32-27-22-17-12-5)60-77-66(73)53-43-34-36-45-55-68(75)79-63(49-39-30-25-20-15-10-3)50-40-31-26-21-16-11-4/h61-63H,8-60H2,1-7H3. The Morgan fingerprint density at radius 2 is 0.595 bits per heavy atom. The van der Waals surface area contributed by atoms with Gasteiger partial charge in [0.15, 0.2) is 0 Å². The third-order valence-electron chi connectivity index (χ3n) is 15.7. The number of esters is 4. The molecule has 0 aromatic rings. The maximum absolute atomic E-state index is 13.7. The van der Waals surface area contributed by atoms with Crippen molar-refractivity contribution in [2.45, 2.75) is 355 Å². The average Bonchev–Trinajstić information content (AvgIpc) is 3.43. The predicted octanol–water partition coefficient (Wildman–Crippen LogP) is 18.7. The van der Waals surface area contributed by atoms with Crippen molar-refractivity contribution >= 4 is 29.8 Å². The molecule has 0 saturated heterocycles. The molecule has 0 rings (SSSR count). The minimum Gasteiger partial charge on any atom is -0.465 e. The summed E-state index contributed by atoms with van der Waals surface area (Å²) >= 11 is 0. The molecule has 11 nitrogen and oxygen atoms in total. The molecule has 0 aromatic carbocycles. The Morgan fingerprint density at radius 1 is 0.316 bits per heavy atom. The fourth-order valence-electron chi connectivity index (χ4n) is 10.5.